The molecule has 88 valence electrons. The number of rotatable bonds is 2. The number of hydrogen-bond donors (Lipinski definition) is 1. The van der Waals surface area contributed by atoms with Gasteiger partial charge in [-0.1, -0.05) is 16.8 Å². The van der Waals surface area contributed by atoms with Crippen LogP contribution in [0.5, 0.6) is 0 Å². The van der Waals surface area contributed by atoms with Crippen LogP contribution in [0.1, 0.15) is 35.0 Å². The first kappa shape index (κ1) is 11.4. The van der Waals surface area contributed by atoms with Crippen LogP contribution in [0.15, 0.2) is 4.52 Å². The van der Waals surface area contributed by atoms with Crippen molar-refractivity contribution in [1.82, 2.24) is 10.1 Å². The molecule has 0 aliphatic carbocycles. The number of carboxylic acid groups (broad SMARTS) is 1. The highest BCUT2D eigenvalue weighted by Crippen LogP contribution is 2.34. The van der Waals surface area contributed by atoms with E-state index in [1.54, 1.807) is 0 Å². The predicted molar refractivity (Wildman–Crippen MR) is 57.9 cm³/mol. The van der Waals surface area contributed by atoms with Gasteiger partial charge in [0.2, 0.25) is 5.69 Å². The van der Waals surface area contributed by atoms with Gasteiger partial charge in [0.1, 0.15) is 5.02 Å². The zero-order chi connectivity index (χ0) is 11.7. The highest BCUT2D eigenvalue weighted by molar-refractivity contribution is 6.33. The van der Waals surface area contributed by atoms with Crippen LogP contribution in [0.4, 0.5) is 0 Å². The van der Waals surface area contributed by atoms with Gasteiger partial charge in [-0.05, 0) is 33.0 Å². The number of halogens is 1. The summed E-state index contributed by atoms with van der Waals surface area (Å²) in [5.74, 6) is -0.440. The van der Waals surface area contributed by atoms with E-state index in [1.807, 2.05) is 0 Å². The van der Waals surface area contributed by atoms with Gasteiger partial charge in [0.05, 0.1) is 0 Å². The van der Waals surface area contributed by atoms with Crippen molar-refractivity contribution in [3.05, 3.63) is 16.5 Å². The molecule has 2 rings (SSSR count). The van der Waals surface area contributed by atoms with E-state index in [-0.39, 0.29) is 16.6 Å². The molecule has 0 amide bonds. The zero-order valence-corrected chi connectivity index (χ0v) is 9.70. The summed E-state index contributed by atoms with van der Waals surface area (Å²) in [6, 6.07) is 0. The standard InChI is InChI=1S/C10H13ClN2O3/c1-13-4-2-6(3-5-13)9-7(11)8(10(14)15)12-16-9/h6H,2-5H2,1H3,(H,14,15). The molecule has 1 aromatic rings. The van der Waals surface area contributed by atoms with E-state index >= 15 is 0 Å². The Balaban J connectivity index is 2.18. The third-order valence-electron chi connectivity index (χ3n) is 2.95. The fraction of sp³-hybridized carbons (Fsp3) is 0.600. The second-order valence-electron chi connectivity index (χ2n) is 4.09. The summed E-state index contributed by atoms with van der Waals surface area (Å²) in [6.07, 6.45) is 1.84. The number of hydrogen-bond acceptors (Lipinski definition) is 4. The largest absolute Gasteiger partial charge is 0.476 e. The molecule has 5 nitrogen and oxygen atoms in total. The van der Waals surface area contributed by atoms with Crippen molar-refractivity contribution in [2.24, 2.45) is 0 Å². The van der Waals surface area contributed by atoms with E-state index in [0.717, 1.165) is 25.9 Å². The lowest BCUT2D eigenvalue weighted by Crippen LogP contribution is -2.29. The fourth-order valence-electron chi connectivity index (χ4n) is 1.95. The van der Waals surface area contributed by atoms with Crippen molar-refractivity contribution >= 4 is 17.6 Å². The molecule has 1 aliphatic heterocycles. The molecule has 0 atom stereocenters. The lowest BCUT2D eigenvalue weighted by molar-refractivity contribution is 0.0685. The average Bonchev–Trinajstić information content (AvgIpc) is 2.61. The number of aromatic carboxylic acids is 1. The maximum absolute atomic E-state index is 10.8. The van der Waals surface area contributed by atoms with Crippen LogP contribution in [0, 0.1) is 0 Å². The normalized spacial score (nSPS) is 18.9. The van der Waals surface area contributed by atoms with E-state index in [9.17, 15) is 4.79 Å². The second kappa shape index (κ2) is 4.43. The van der Waals surface area contributed by atoms with E-state index in [1.165, 1.54) is 0 Å². The van der Waals surface area contributed by atoms with Gasteiger partial charge < -0.3 is 14.5 Å². The van der Waals surface area contributed by atoms with Crippen molar-refractivity contribution < 1.29 is 14.4 Å². The summed E-state index contributed by atoms with van der Waals surface area (Å²) < 4.78 is 5.05. The van der Waals surface area contributed by atoms with Crippen molar-refractivity contribution in [3.63, 3.8) is 0 Å². The van der Waals surface area contributed by atoms with Crippen molar-refractivity contribution in [2.75, 3.05) is 20.1 Å². The molecule has 0 radical (unpaired) electrons. The van der Waals surface area contributed by atoms with Gasteiger partial charge in [-0.15, -0.1) is 0 Å². The molecule has 1 N–H and O–H groups in total. The minimum absolute atomic E-state index is 0.155. The number of nitrogens with zero attached hydrogens (tertiary/aromatic N) is 2. The van der Waals surface area contributed by atoms with Gasteiger partial charge in [0.25, 0.3) is 0 Å². The van der Waals surface area contributed by atoms with Crippen LogP contribution < -0.4 is 0 Å². The Bertz CT molecular complexity index is 397. The van der Waals surface area contributed by atoms with Crippen LogP contribution in [0.25, 0.3) is 0 Å². The van der Waals surface area contributed by atoms with Crippen molar-refractivity contribution in [3.8, 4) is 0 Å². The average molecular weight is 245 g/mol. The Kier molecular flexibility index (Phi) is 3.16. The molecular weight excluding hydrogens is 232 g/mol. The van der Waals surface area contributed by atoms with Crippen molar-refractivity contribution in [2.45, 2.75) is 18.8 Å². The minimum atomic E-state index is -1.15. The second-order valence-corrected chi connectivity index (χ2v) is 4.47. The third kappa shape index (κ3) is 2.05. The molecule has 2 heterocycles. The molecule has 0 bridgehead atoms. The summed E-state index contributed by atoms with van der Waals surface area (Å²) >= 11 is 5.94. The molecular formula is C10H13ClN2O3. The summed E-state index contributed by atoms with van der Waals surface area (Å²) in [5.41, 5.74) is -0.185. The summed E-state index contributed by atoms with van der Waals surface area (Å²) in [6.45, 7) is 1.92. The molecule has 1 saturated heterocycles. The molecule has 16 heavy (non-hydrogen) atoms. The van der Waals surface area contributed by atoms with Gasteiger partial charge in [-0.3, -0.25) is 0 Å². The SMILES string of the molecule is CN1CCC(c2onc(C(=O)O)c2Cl)CC1. The first-order valence-electron chi connectivity index (χ1n) is 5.16. The van der Waals surface area contributed by atoms with Crippen LogP contribution in [0.3, 0.4) is 0 Å². The highest BCUT2D eigenvalue weighted by Gasteiger charge is 2.28. The Hall–Kier alpha value is -1.07. The van der Waals surface area contributed by atoms with Crippen LogP contribution in [-0.2, 0) is 0 Å². The highest BCUT2D eigenvalue weighted by atomic mass is 35.5. The van der Waals surface area contributed by atoms with E-state index in [0.29, 0.717) is 5.76 Å². The Morgan fingerprint density at radius 2 is 2.19 bits per heavy atom. The van der Waals surface area contributed by atoms with Gasteiger partial charge in [0.15, 0.2) is 5.76 Å². The monoisotopic (exact) mass is 244 g/mol. The minimum Gasteiger partial charge on any atom is -0.476 e. The number of likely N-dealkylation sites (tertiary alicyclic amines) is 1. The molecule has 1 fully saturated rings. The van der Waals surface area contributed by atoms with Gasteiger partial charge in [0, 0.05) is 5.92 Å². The third-order valence-corrected chi connectivity index (χ3v) is 3.32. The van der Waals surface area contributed by atoms with Crippen molar-refractivity contribution in [1.29, 1.82) is 0 Å². The van der Waals surface area contributed by atoms with Gasteiger partial charge >= 0.3 is 5.97 Å². The lowest BCUT2D eigenvalue weighted by atomic mass is 9.94. The molecule has 1 aliphatic rings. The Morgan fingerprint density at radius 1 is 1.56 bits per heavy atom. The smallest absolute Gasteiger partial charge is 0.359 e. The number of carbonyl (C=O) groups is 1. The first-order chi connectivity index (χ1) is 7.59. The van der Waals surface area contributed by atoms with E-state index in [4.69, 9.17) is 21.2 Å². The maximum Gasteiger partial charge on any atom is 0.359 e. The quantitative estimate of drug-likeness (QED) is 0.860. The molecule has 0 spiro atoms. The fourth-order valence-corrected chi connectivity index (χ4v) is 2.25. The molecule has 0 saturated carbocycles. The molecule has 1 aromatic heterocycles. The van der Waals surface area contributed by atoms with Crippen LogP contribution >= 0.6 is 11.6 Å². The summed E-state index contributed by atoms with van der Waals surface area (Å²) in [4.78, 5) is 13.0. The van der Waals surface area contributed by atoms with Gasteiger partial charge in [-0.25, -0.2) is 4.79 Å². The van der Waals surface area contributed by atoms with Gasteiger partial charge in [-0.2, -0.15) is 0 Å². The zero-order valence-electron chi connectivity index (χ0n) is 8.94. The predicted octanol–water partition coefficient (Wildman–Crippen LogP) is 1.84. The van der Waals surface area contributed by atoms with Crippen LogP contribution in [0.2, 0.25) is 5.02 Å². The van der Waals surface area contributed by atoms with E-state index in [2.05, 4.69) is 17.1 Å². The Labute approximate surface area is 98.0 Å². The summed E-state index contributed by atoms with van der Waals surface area (Å²) in [5, 5.41) is 12.4. The maximum atomic E-state index is 10.8. The summed E-state index contributed by atoms with van der Waals surface area (Å²) in [7, 11) is 2.06. The molecule has 0 aromatic carbocycles. The number of piperidine rings is 1. The van der Waals surface area contributed by atoms with E-state index < -0.39 is 5.97 Å². The number of aromatic nitrogens is 1. The first-order valence-corrected chi connectivity index (χ1v) is 5.54. The Morgan fingerprint density at radius 3 is 2.69 bits per heavy atom. The molecule has 0 unspecified atom stereocenters. The lowest BCUT2D eigenvalue weighted by Gasteiger charge is -2.27. The molecule has 6 heteroatoms. The van der Waals surface area contributed by atoms with Crippen LogP contribution in [-0.4, -0.2) is 41.3 Å². The number of carboxylic acids is 1. The topological polar surface area (TPSA) is 66.6 Å².